The van der Waals surface area contributed by atoms with Gasteiger partial charge in [-0.25, -0.2) is 17.8 Å². The number of hydrogen-bond acceptors (Lipinski definition) is 5. The molecule has 1 heterocycles. The first-order chi connectivity index (χ1) is 12.8. The van der Waals surface area contributed by atoms with E-state index in [1.807, 2.05) is 0 Å². The van der Waals surface area contributed by atoms with Gasteiger partial charge in [-0.15, -0.1) is 11.3 Å². The van der Waals surface area contributed by atoms with E-state index in [0.29, 0.717) is 10.6 Å². The van der Waals surface area contributed by atoms with Gasteiger partial charge in [-0.3, -0.25) is 4.72 Å². The van der Waals surface area contributed by atoms with Gasteiger partial charge in [0.2, 0.25) is 0 Å². The zero-order chi connectivity index (χ0) is 19.6. The van der Waals surface area contributed by atoms with Crippen LogP contribution in [-0.4, -0.2) is 13.4 Å². The van der Waals surface area contributed by atoms with Gasteiger partial charge in [-0.2, -0.15) is 0 Å². The number of thiazole rings is 1. The van der Waals surface area contributed by atoms with Crippen LogP contribution in [0.4, 0.5) is 9.52 Å². The molecule has 1 unspecified atom stereocenters. The fraction of sp³-hybridized carbons (Fsp3) is 0.118. The lowest BCUT2D eigenvalue weighted by molar-refractivity contribution is 0.226. The quantitative estimate of drug-likeness (QED) is 0.540. The summed E-state index contributed by atoms with van der Waals surface area (Å²) >= 11 is 13.3. The van der Waals surface area contributed by atoms with Gasteiger partial charge in [-0.1, -0.05) is 41.4 Å². The number of nitrogens with one attached hydrogen (secondary N) is 1. The molecule has 27 heavy (non-hydrogen) atoms. The minimum Gasteiger partial charge on any atom is -0.484 e. The average Bonchev–Trinajstić information content (AvgIpc) is 3.10. The number of benzene rings is 2. The fourth-order valence-corrected chi connectivity index (χ4v) is 4.75. The second kappa shape index (κ2) is 8.02. The molecule has 1 aromatic heterocycles. The van der Waals surface area contributed by atoms with Crippen molar-refractivity contribution in [2.75, 3.05) is 4.72 Å². The van der Waals surface area contributed by atoms with Crippen molar-refractivity contribution in [3.63, 3.8) is 0 Å². The number of nitrogens with zero attached hydrogens (tertiary/aromatic N) is 1. The SMILES string of the molecule is CC(Oc1cc(F)c(S(=O)(=O)Nc2nccs2)cc1Cl)c1ccccc1Cl. The smallest absolute Gasteiger partial charge is 0.266 e. The van der Waals surface area contributed by atoms with Crippen molar-refractivity contribution in [2.24, 2.45) is 0 Å². The standard InChI is InChI=1S/C17H13Cl2FN2O3S2/c1-10(11-4-2-3-5-12(11)18)25-15-9-14(20)16(8-13(15)19)27(23,24)22-17-21-6-7-26-17/h2-10H,1H3,(H,21,22). The average molecular weight is 447 g/mol. The Bertz CT molecular complexity index is 1060. The highest BCUT2D eigenvalue weighted by Gasteiger charge is 2.24. The molecule has 1 atom stereocenters. The number of rotatable bonds is 6. The van der Waals surface area contributed by atoms with Crippen LogP contribution >= 0.6 is 34.5 Å². The highest BCUT2D eigenvalue weighted by molar-refractivity contribution is 7.93. The lowest BCUT2D eigenvalue weighted by atomic mass is 10.1. The molecule has 3 aromatic rings. The predicted molar refractivity (Wildman–Crippen MR) is 105 cm³/mol. The van der Waals surface area contributed by atoms with Crippen molar-refractivity contribution in [3.8, 4) is 5.75 Å². The molecule has 10 heteroatoms. The molecule has 0 amide bonds. The Hall–Kier alpha value is -1.87. The number of ether oxygens (including phenoxy) is 1. The third-order valence-electron chi connectivity index (χ3n) is 3.58. The van der Waals surface area contributed by atoms with Crippen LogP contribution in [0.2, 0.25) is 10.0 Å². The summed E-state index contributed by atoms with van der Waals surface area (Å²) in [7, 11) is -4.18. The molecule has 0 aliphatic heterocycles. The van der Waals surface area contributed by atoms with E-state index in [0.717, 1.165) is 23.5 Å². The van der Waals surface area contributed by atoms with Crippen molar-refractivity contribution < 1.29 is 17.5 Å². The molecule has 0 saturated heterocycles. The molecule has 0 aliphatic carbocycles. The van der Waals surface area contributed by atoms with Gasteiger partial charge in [0.25, 0.3) is 10.0 Å². The van der Waals surface area contributed by atoms with Crippen molar-refractivity contribution in [1.29, 1.82) is 0 Å². The summed E-state index contributed by atoms with van der Waals surface area (Å²) in [6.07, 6.45) is 0.908. The molecule has 142 valence electrons. The van der Waals surface area contributed by atoms with E-state index in [9.17, 15) is 12.8 Å². The molecule has 0 saturated carbocycles. The van der Waals surface area contributed by atoms with Crippen molar-refractivity contribution >= 4 is 49.7 Å². The molecule has 0 spiro atoms. The second-order valence-electron chi connectivity index (χ2n) is 5.44. The van der Waals surface area contributed by atoms with E-state index in [1.165, 1.54) is 6.20 Å². The van der Waals surface area contributed by atoms with E-state index >= 15 is 0 Å². The van der Waals surface area contributed by atoms with E-state index < -0.39 is 26.8 Å². The lowest BCUT2D eigenvalue weighted by Crippen LogP contribution is -2.15. The van der Waals surface area contributed by atoms with Gasteiger partial charge in [0.15, 0.2) is 5.13 Å². The van der Waals surface area contributed by atoms with Crippen LogP contribution in [0.3, 0.4) is 0 Å². The molecule has 0 aliphatic rings. The zero-order valence-electron chi connectivity index (χ0n) is 13.8. The van der Waals surface area contributed by atoms with Gasteiger partial charge >= 0.3 is 0 Å². The number of halogens is 3. The van der Waals surface area contributed by atoms with Crippen LogP contribution in [0.25, 0.3) is 0 Å². The molecule has 0 bridgehead atoms. The Labute approximate surface area is 169 Å². The Balaban J connectivity index is 1.88. The third kappa shape index (κ3) is 4.52. The van der Waals surface area contributed by atoms with E-state index in [-0.39, 0.29) is 15.9 Å². The number of hydrogen-bond donors (Lipinski definition) is 1. The number of aromatic nitrogens is 1. The topological polar surface area (TPSA) is 68.3 Å². The molecule has 1 N–H and O–H groups in total. The Kier molecular flexibility index (Phi) is 5.90. The largest absolute Gasteiger partial charge is 0.484 e. The van der Waals surface area contributed by atoms with Crippen molar-refractivity contribution in [1.82, 2.24) is 4.98 Å². The first-order valence-corrected chi connectivity index (χ1v) is 10.7. The van der Waals surface area contributed by atoms with Gasteiger partial charge in [-0.05, 0) is 19.1 Å². The molecular formula is C17H13Cl2FN2O3S2. The van der Waals surface area contributed by atoms with Crippen molar-refractivity contribution in [3.05, 3.63) is 69.4 Å². The van der Waals surface area contributed by atoms with Gasteiger partial charge in [0, 0.05) is 28.2 Å². The maximum atomic E-state index is 14.5. The van der Waals surface area contributed by atoms with Gasteiger partial charge < -0.3 is 4.74 Å². The zero-order valence-corrected chi connectivity index (χ0v) is 17.0. The highest BCUT2D eigenvalue weighted by Crippen LogP contribution is 2.35. The third-order valence-corrected chi connectivity index (χ3v) is 6.39. The van der Waals surface area contributed by atoms with Crippen LogP contribution in [0.15, 0.2) is 52.9 Å². The van der Waals surface area contributed by atoms with Crippen molar-refractivity contribution in [2.45, 2.75) is 17.9 Å². The first kappa shape index (κ1) is 19.9. The second-order valence-corrected chi connectivity index (χ2v) is 8.80. The summed E-state index contributed by atoms with van der Waals surface area (Å²) in [6.45, 7) is 1.73. The van der Waals surface area contributed by atoms with Gasteiger partial charge in [0.1, 0.15) is 22.6 Å². The maximum absolute atomic E-state index is 14.5. The van der Waals surface area contributed by atoms with Crippen LogP contribution in [0, 0.1) is 5.82 Å². The van der Waals surface area contributed by atoms with Crippen LogP contribution in [-0.2, 0) is 10.0 Å². The summed E-state index contributed by atoms with van der Waals surface area (Å²) < 4.78 is 47.1. The fourth-order valence-electron chi connectivity index (χ4n) is 2.31. The lowest BCUT2D eigenvalue weighted by Gasteiger charge is -2.18. The summed E-state index contributed by atoms with van der Waals surface area (Å²) in [5, 5.41) is 2.16. The Morgan fingerprint density at radius 1 is 1.22 bits per heavy atom. The monoisotopic (exact) mass is 446 g/mol. The summed E-state index contributed by atoms with van der Waals surface area (Å²) in [5.41, 5.74) is 0.692. The number of anilines is 1. The van der Waals surface area contributed by atoms with Crippen LogP contribution in [0.1, 0.15) is 18.6 Å². The van der Waals surface area contributed by atoms with E-state index in [2.05, 4.69) is 9.71 Å². The summed E-state index contributed by atoms with van der Waals surface area (Å²) in [6, 6.07) is 8.99. The molecular weight excluding hydrogens is 434 g/mol. The molecule has 5 nitrogen and oxygen atoms in total. The molecule has 3 rings (SSSR count). The molecule has 0 radical (unpaired) electrons. The van der Waals surface area contributed by atoms with Crippen LogP contribution < -0.4 is 9.46 Å². The minimum atomic E-state index is -4.18. The first-order valence-electron chi connectivity index (χ1n) is 7.60. The Morgan fingerprint density at radius 2 is 1.96 bits per heavy atom. The predicted octanol–water partition coefficient (Wildman–Crippen LogP) is 5.53. The maximum Gasteiger partial charge on any atom is 0.266 e. The molecule has 0 fully saturated rings. The van der Waals surface area contributed by atoms with Crippen LogP contribution in [0.5, 0.6) is 5.75 Å². The van der Waals surface area contributed by atoms with Gasteiger partial charge in [0.05, 0.1) is 5.02 Å². The normalized spacial score (nSPS) is 12.6. The van der Waals surface area contributed by atoms with E-state index in [1.54, 1.807) is 36.6 Å². The summed E-state index contributed by atoms with van der Waals surface area (Å²) in [5.74, 6) is -0.986. The van der Waals surface area contributed by atoms with E-state index in [4.69, 9.17) is 27.9 Å². The summed E-state index contributed by atoms with van der Waals surface area (Å²) in [4.78, 5) is 3.22. The Morgan fingerprint density at radius 3 is 2.63 bits per heavy atom. The number of sulfonamides is 1. The molecule has 2 aromatic carbocycles. The minimum absolute atomic E-state index is 0.00906. The highest BCUT2D eigenvalue weighted by atomic mass is 35.5.